The monoisotopic (exact) mass is 636 g/mol. The summed E-state index contributed by atoms with van der Waals surface area (Å²) in [5.74, 6) is -0.895. The number of hydrogen-bond acceptors (Lipinski definition) is 8. The van der Waals surface area contributed by atoms with Gasteiger partial charge in [-0.25, -0.2) is 4.39 Å². The van der Waals surface area contributed by atoms with E-state index in [0.29, 0.717) is 40.4 Å². The zero-order valence-corrected chi connectivity index (χ0v) is 26.3. The summed E-state index contributed by atoms with van der Waals surface area (Å²) in [5, 5.41) is 6.00. The van der Waals surface area contributed by atoms with Gasteiger partial charge in [0.2, 0.25) is 0 Å². The summed E-state index contributed by atoms with van der Waals surface area (Å²) in [4.78, 5) is 45.6. The van der Waals surface area contributed by atoms with Crippen molar-refractivity contribution in [1.29, 1.82) is 0 Å². The minimum absolute atomic E-state index is 0.0220. The van der Waals surface area contributed by atoms with Crippen LogP contribution in [-0.2, 0) is 4.74 Å². The van der Waals surface area contributed by atoms with Crippen molar-refractivity contribution in [3.63, 3.8) is 0 Å². The Kier molecular flexibility index (Phi) is 7.87. The van der Waals surface area contributed by atoms with E-state index in [2.05, 4.69) is 15.1 Å². The number of hydrogen-bond donors (Lipinski definition) is 1. The molecule has 0 radical (unpaired) electrons. The molecule has 242 valence electrons. The molecule has 0 bridgehead atoms. The highest BCUT2D eigenvalue weighted by molar-refractivity contribution is 6.15. The van der Waals surface area contributed by atoms with Crippen LogP contribution in [0.25, 0.3) is 49.1 Å². The van der Waals surface area contributed by atoms with E-state index in [-0.39, 0.29) is 39.9 Å². The molecule has 8 rings (SSSR count). The van der Waals surface area contributed by atoms with E-state index in [1.807, 2.05) is 24.3 Å². The number of rotatable bonds is 10. The number of nitrogens with zero attached hydrogens (tertiary/aromatic N) is 3. The summed E-state index contributed by atoms with van der Waals surface area (Å²) >= 11 is 0. The fourth-order valence-corrected chi connectivity index (χ4v) is 7.42. The number of aromatic nitrogens is 1. The summed E-state index contributed by atoms with van der Waals surface area (Å²) < 4.78 is 29.6. The Labute approximate surface area is 269 Å². The second-order valence-corrected chi connectivity index (χ2v) is 12.9. The maximum absolute atomic E-state index is 15.9. The number of likely N-dealkylation sites (tertiary alicyclic amines) is 1. The first-order valence-electron chi connectivity index (χ1n) is 16.7. The van der Waals surface area contributed by atoms with Gasteiger partial charge in [0.25, 0.3) is 0 Å². The van der Waals surface area contributed by atoms with Crippen molar-refractivity contribution in [2.24, 2.45) is 0 Å². The molecule has 1 N–H and O–H groups in total. The summed E-state index contributed by atoms with van der Waals surface area (Å²) in [7, 11) is 0. The number of nitrogens with one attached hydrogen (secondary N) is 1. The molecule has 2 fully saturated rings. The molecular formula is C37H37FN4O5. The molecule has 4 heterocycles. The lowest BCUT2D eigenvalue weighted by Crippen LogP contribution is -2.36. The van der Waals surface area contributed by atoms with Crippen LogP contribution in [0.4, 0.5) is 10.1 Å². The van der Waals surface area contributed by atoms with Crippen LogP contribution in [-0.4, -0.2) is 79.0 Å². The minimum Gasteiger partial charge on any atom is -0.451 e. The third-order valence-corrected chi connectivity index (χ3v) is 9.93. The van der Waals surface area contributed by atoms with Crippen LogP contribution in [0.5, 0.6) is 0 Å². The number of unbranched alkanes of at least 4 members (excludes halogenated alkanes) is 1. The first-order valence-corrected chi connectivity index (χ1v) is 16.7. The maximum atomic E-state index is 15.9. The highest BCUT2D eigenvalue weighted by Crippen LogP contribution is 2.36. The Balaban J connectivity index is 1.25. The van der Waals surface area contributed by atoms with Gasteiger partial charge in [-0.15, -0.1) is 0 Å². The average molecular weight is 637 g/mol. The topological polar surface area (TPSA) is 96.5 Å². The van der Waals surface area contributed by atoms with Crippen LogP contribution < -0.4 is 16.2 Å². The largest absolute Gasteiger partial charge is 0.451 e. The number of benzene rings is 3. The summed E-state index contributed by atoms with van der Waals surface area (Å²) in [5.41, 5.74) is 1.09. The summed E-state index contributed by atoms with van der Waals surface area (Å²) in [6.07, 6.45) is 5.58. The molecule has 0 atom stereocenters. The van der Waals surface area contributed by atoms with Gasteiger partial charge in [0, 0.05) is 49.6 Å². The number of pyridine rings is 1. The molecule has 2 aliphatic rings. The maximum Gasteiger partial charge on any atom is 0.200 e. The molecular weight excluding hydrogens is 599 g/mol. The molecule has 0 aliphatic carbocycles. The number of carbonyl (C=O) groups excluding carboxylic acids is 1. The molecule has 0 amide bonds. The van der Waals surface area contributed by atoms with Crippen molar-refractivity contribution >= 4 is 60.6 Å². The quantitative estimate of drug-likeness (QED) is 0.0895. The van der Waals surface area contributed by atoms with Gasteiger partial charge in [0.15, 0.2) is 33.6 Å². The van der Waals surface area contributed by atoms with Gasteiger partial charge >= 0.3 is 0 Å². The predicted molar refractivity (Wildman–Crippen MR) is 183 cm³/mol. The van der Waals surface area contributed by atoms with E-state index in [1.54, 1.807) is 22.7 Å². The zero-order valence-electron chi connectivity index (χ0n) is 26.3. The molecule has 9 nitrogen and oxygen atoms in total. The lowest BCUT2D eigenvalue weighted by atomic mass is 10.0. The number of morpholine rings is 1. The van der Waals surface area contributed by atoms with Crippen LogP contribution in [0.3, 0.4) is 0 Å². The number of fused-ring (bicyclic) bond motifs is 5. The van der Waals surface area contributed by atoms with E-state index in [4.69, 9.17) is 9.15 Å². The Bertz CT molecular complexity index is 2270. The van der Waals surface area contributed by atoms with Gasteiger partial charge < -0.3 is 23.8 Å². The smallest absolute Gasteiger partial charge is 0.200 e. The van der Waals surface area contributed by atoms with Gasteiger partial charge in [-0.05, 0) is 74.3 Å². The third-order valence-electron chi connectivity index (χ3n) is 9.93. The molecule has 0 spiro atoms. The van der Waals surface area contributed by atoms with Crippen LogP contribution in [0.2, 0.25) is 0 Å². The molecule has 2 saturated heterocycles. The van der Waals surface area contributed by atoms with Crippen molar-refractivity contribution in [3.8, 4) is 0 Å². The number of anilines is 1. The highest BCUT2D eigenvalue weighted by Gasteiger charge is 2.24. The Morgan fingerprint density at radius 1 is 0.830 bits per heavy atom. The fraction of sp³-hybridized carbons (Fsp3) is 0.378. The van der Waals surface area contributed by atoms with Gasteiger partial charge in [-0.1, -0.05) is 24.3 Å². The van der Waals surface area contributed by atoms with E-state index in [0.717, 1.165) is 82.5 Å². The van der Waals surface area contributed by atoms with Crippen molar-refractivity contribution in [3.05, 3.63) is 80.5 Å². The number of ketones is 1. The van der Waals surface area contributed by atoms with E-state index in [9.17, 15) is 14.4 Å². The second-order valence-electron chi connectivity index (χ2n) is 12.9. The molecule has 10 heteroatoms. The molecule has 47 heavy (non-hydrogen) atoms. The van der Waals surface area contributed by atoms with Crippen molar-refractivity contribution in [2.45, 2.75) is 32.1 Å². The Morgan fingerprint density at radius 3 is 2.40 bits per heavy atom. The van der Waals surface area contributed by atoms with Gasteiger partial charge in [0.1, 0.15) is 11.2 Å². The van der Waals surface area contributed by atoms with Gasteiger partial charge in [-0.2, -0.15) is 0 Å². The second kappa shape index (κ2) is 12.3. The Morgan fingerprint density at radius 2 is 1.60 bits per heavy atom. The van der Waals surface area contributed by atoms with E-state index < -0.39 is 11.2 Å². The summed E-state index contributed by atoms with van der Waals surface area (Å²) in [6, 6.07) is 12.2. The molecule has 4 aromatic carbocycles. The minimum atomic E-state index is -0.624. The van der Waals surface area contributed by atoms with Gasteiger partial charge in [-0.3, -0.25) is 19.3 Å². The standard InChI is InChI=1S/C37H37FN4O5/c38-29-19-27-34-37(33(29)39-10-14-40-12-5-6-13-40)47-32-21-26-25(23-7-1-2-8-24(23)35(26)44)20-30(32)42(34)22-28(36(27)45)31(43)9-3-4-11-41-15-17-46-18-16-41/h1-2,7-8,19-22,39H,3-6,9-18H2. The van der Waals surface area contributed by atoms with Gasteiger partial charge in [0.05, 0.1) is 29.7 Å². The normalized spacial score (nSPS) is 16.4. The summed E-state index contributed by atoms with van der Waals surface area (Å²) in [6.45, 7) is 7.36. The molecule has 6 aromatic rings. The van der Waals surface area contributed by atoms with Crippen LogP contribution >= 0.6 is 0 Å². The molecule has 0 saturated carbocycles. The lowest BCUT2D eigenvalue weighted by Gasteiger charge is -2.26. The number of carbonyl (C=O) groups is 1. The number of ether oxygens (including phenoxy) is 1. The number of Topliss-reactive ketones (excluding diaryl/α,β-unsaturated/α-hetero) is 1. The fourth-order valence-electron chi connectivity index (χ4n) is 7.42. The highest BCUT2D eigenvalue weighted by atomic mass is 19.1. The van der Waals surface area contributed by atoms with E-state index in [1.165, 1.54) is 6.07 Å². The van der Waals surface area contributed by atoms with Crippen molar-refractivity contribution in [2.75, 3.05) is 64.3 Å². The van der Waals surface area contributed by atoms with Crippen LogP contribution in [0.1, 0.15) is 42.5 Å². The first-order chi connectivity index (χ1) is 23.0. The van der Waals surface area contributed by atoms with Crippen molar-refractivity contribution < 1.29 is 18.3 Å². The molecule has 2 aliphatic heterocycles. The van der Waals surface area contributed by atoms with Crippen molar-refractivity contribution in [1.82, 2.24) is 14.2 Å². The van der Waals surface area contributed by atoms with Crippen LogP contribution in [0, 0.1) is 5.82 Å². The Hall–Kier alpha value is -4.38. The molecule has 2 aromatic heterocycles. The van der Waals surface area contributed by atoms with E-state index >= 15 is 4.39 Å². The zero-order chi connectivity index (χ0) is 32.1. The third kappa shape index (κ3) is 5.34. The SMILES string of the molecule is O=C(CCCCN1CCOCC1)c1cn2c3cc4c(cc3oc3c(NCCN5CCCC5)c(F)cc(c1=O)c32)c(=O)c1ccccc14. The average Bonchev–Trinajstić information content (AvgIpc) is 3.71. The molecule has 0 unspecified atom stereocenters. The number of halogens is 1. The van der Waals surface area contributed by atoms with Crippen LogP contribution in [0.15, 0.2) is 62.7 Å². The predicted octanol–water partition coefficient (Wildman–Crippen LogP) is 5.64. The lowest BCUT2D eigenvalue weighted by molar-refractivity contribution is 0.0371. The first kappa shape index (κ1) is 30.0.